The van der Waals surface area contributed by atoms with E-state index in [-0.39, 0.29) is 11.2 Å². The van der Waals surface area contributed by atoms with Crippen LogP contribution in [0.15, 0.2) is 0 Å². The van der Waals surface area contributed by atoms with Crippen LogP contribution in [0.5, 0.6) is 0 Å². The predicted molar refractivity (Wildman–Crippen MR) is 63.6 cm³/mol. The molecule has 1 aliphatic rings. The van der Waals surface area contributed by atoms with Gasteiger partial charge in [-0.15, -0.1) is 0 Å². The highest BCUT2D eigenvalue weighted by molar-refractivity contribution is 7.09. The fourth-order valence-electron chi connectivity index (χ4n) is 2.10. The summed E-state index contributed by atoms with van der Waals surface area (Å²) in [4.78, 5) is 3.47. The van der Waals surface area contributed by atoms with E-state index in [1.165, 1.54) is 0 Å². The standard InChI is InChI=1S/C10H15F3N4S/c1-14-6-2-4-7(5-3-6)15-9-16-8(17-18-9)10(11,12)13/h6-7,14H,2-5H2,1H3,(H,15,16,17). The first-order chi connectivity index (χ1) is 8.49. The minimum Gasteiger partial charge on any atom is -0.358 e. The molecule has 1 heterocycles. The molecule has 1 aromatic heterocycles. The summed E-state index contributed by atoms with van der Waals surface area (Å²) in [6, 6.07) is 0.715. The second kappa shape index (κ2) is 5.40. The number of nitrogens with zero attached hydrogens (tertiary/aromatic N) is 2. The summed E-state index contributed by atoms with van der Waals surface area (Å²) in [7, 11) is 1.93. The zero-order valence-electron chi connectivity index (χ0n) is 9.92. The van der Waals surface area contributed by atoms with Gasteiger partial charge in [-0.25, -0.2) is 0 Å². The number of hydrogen-bond donors (Lipinski definition) is 2. The van der Waals surface area contributed by atoms with E-state index in [2.05, 4.69) is 20.0 Å². The van der Waals surface area contributed by atoms with Crippen LogP contribution < -0.4 is 10.6 Å². The minimum atomic E-state index is -4.46. The molecule has 0 spiro atoms. The van der Waals surface area contributed by atoms with E-state index in [0.29, 0.717) is 6.04 Å². The fourth-order valence-corrected chi connectivity index (χ4v) is 2.76. The molecule has 0 aromatic carbocycles. The topological polar surface area (TPSA) is 49.8 Å². The summed E-state index contributed by atoms with van der Waals surface area (Å²) in [6.07, 6.45) is -0.530. The van der Waals surface area contributed by atoms with Crippen LogP contribution in [0.3, 0.4) is 0 Å². The summed E-state index contributed by atoms with van der Waals surface area (Å²) in [5.41, 5.74) is 0. The van der Waals surface area contributed by atoms with Gasteiger partial charge in [-0.2, -0.15) is 22.5 Å². The highest BCUT2D eigenvalue weighted by atomic mass is 32.1. The monoisotopic (exact) mass is 280 g/mol. The van der Waals surface area contributed by atoms with Crippen molar-refractivity contribution in [2.24, 2.45) is 0 Å². The molecule has 0 atom stereocenters. The lowest BCUT2D eigenvalue weighted by Crippen LogP contribution is -2.34. The Kier molecular flexibility index (Phi) is 4.06. The molecule has 4 nitrogen and oxygen atoms in total. The molecule has 102 valence electrons. The van der Waals surface area contributed by atoms with Crippen LogP contribution in [-0.4, -0.2) is 28.5 Å². The van der Waals surface area contributed by atoms with E-state index in [9.17, 15) is 13.2 Å². The third-order valence-corrected chi connectivity index (χ3v) is 3.79. The van der Waals surface area contributed by atoms with Crippen LogP contribution in [0.1, 0.15) is 31.5 Å². The fraction of sp³-hybridized carbons (Fsp3) is 0.800. The van der Waals surface area contributed by atoms with Crippen molar-refractivity contribution < 1.29 is 13.2 Å². The highest BCUT2D eigenvalue weighted by Gasteiger charge is 2.36. The van der Waals surface area contributed by atoms with Gasteiger partial charge in [0.05, 0.1) is 0 Å². The molecule has 8 heteroatoms. The molecular weight excluding hydrogens is 265 g/mol. The molecule has 2 N–H and O–H groups in total. The summed E-state index contributed by atoms with van der Waals surface area (Å²) >= 11 is 0.769. The Morgan fingerprint density at radius 3 is 2.28 bits per heavy atom. The maximum atomic E-state index is 12.3. The normalized spacial score (nSPS) is 25.1. The Morgan fingerprint density at radius 2 is 1.78 bits per heavy atom. The summed E-state index contributed by atoms with van der Waals surface area (Å²) in [6.45, 7) is 0. The van der Waals surface area contributed by atoms with Gasteiger partial charge in [-0.3, -0.25) is 0 Å². The lowest BCUT2D eigenvalue weighted by atomic mass is 9.91. The third kappa shape index (κ3) is 3.32. The van der Waals surface area contributed by atoms with Crippen LogP contribution >= 0.6 is 11.5 Å². The van der Waals surface area contributed by atoms with Crippen molar-refractivity contribution in [2.75, 3.05) is 12.4 Å². The second-order valence-corrected chi connectivity index (χ2v) is 5.15. The lowest BCUT2D eigenvalue weighted by molar-refractivity contribution is -0.144. The van der Waals surface area contributed by atoms with Crippen molar-refractivity contribution in [3.05, 3.63) is 5.82 Å². The first-order valence-corrected chi connectivity index (χ1v) is 6.61. The zero-order chi connectivity index (χ0) is 13.2. The maximum Gasteiger partial charge on any atom is 0.452 e. The lowest BCUT2D eigenvalue weighted by Gasteiger charge is -2.28. The molecule has 0 bridgehead atoms. The SMILES string of the molecule is CNC1CCC(Nc2nc(C(F)(F)F)ns2)CC1. The Hall–Kier alpha value is -0.890. The van der Waals surface area contributed by atoms with Gasteiger partial charge in [0.2, 0.25) is 11.0 Å². The van der Waals surface area contributed by atoms with E-state index in [1.54, 1.807) is 0 Å². The van der Waals surface area contributed by atoms with E-state index in [0.717, 1.165) is 37.2 Å². The van der Waals surface area contributed by atoms with Crippen LogP contribution in [0.2, 0.25) is 0 Å². The van der Waals surface area contributed by atoms with Gasteiger partial charge in [0.15, 0.2) is 0 Å². The molecule has 0 radical (unpaired) electrons. The van der Waals surface area contributed by atoms with Crippen molar-refractivity contribution in [1.82, 2.24) is 14.7 Å². The average molecular weight is 280 g/mol. The van der Waals surface area contributed by atoms with E-state index >= 15 is 0 Å². The molecule has 1 aromatic rings. The smallest absolute Gasteiger partial charge is 0.358 e. The Balaban J connectivity index is 1.89. The number of aromatic nitrogens is 2. The largest absolute Gasteiger partial charge is 0.452 e. The van der Waals surface area contributed by atoms with Gasteiger partial charge in [0.25, 0.3) is 0 Å². The average Bonchev–Trinajstić information content (AvgIpc) is 2.78. The van der Waals surface area contributed by atoms with Crippen LogP contribution in [0, 0.1) is 0 Å². The molecule has 0 aliphatic heterocycles. The first-order valence-electron chi connectivity index (χ1n) is 5.83. The molecule has 1 saturated carbocycles. The molecule has 0 amide bonds. The third-order valence-electron chi connectivity index (χ3n) is 3.14. The van der Waals surface area contributed by atoms with Gasteiger partial charge in [-0.05, 0) is 32.7 Å². The number of halogens is 3. The van der Waals surface area contributed by atoms with E-state index < -0.39 is 12.0 Å². The van der Waals surface area contributed by atoms with Crippen molar-refractivity contribution in [3.8, 4) is 0 Å². The molecule has 1 fully saturated rings. The van der Waals surface area contributed by atoms with Gasteiger partial charge >= 0.3 is 6.18 Å². The van der Waals surface area contributed by atoms with Crippen LogP contribution in [0.4, 0.5) is 18.3 Å². The second-order valence-electron chi connectivity index (χ2n) is 4.40. The van der Waals surface area contributed by atoms with Crippen LogP contribution in [0.25, 0.3) is 0 Å². The summed E-state index contributed by atoms with van der Waals surface area (Å²) in [5.74, 6) is -1.06. The van der Waals surface area contributed by atoms with Crippen molar-refractivity contribution >= 4 is 16.7 Å². The first kappa shape index (κ1) is 13.5. The summed E-state index contributed by atoms with van der Waals surface area (Å²) in [5, 5.41) is 6.51. The Bertz CT molecular complexity index is 385. The minimum absolute atomic E-state index is 0.198. The molecule has 1 aliphatic carbocycles. The van der Waals surface area contributed by atoms with E-state index in [1.807, 2.05) is 7.05 Å². The predicted octanol–water partition coefficient (Wildman–Crippen LogP) is 2.50. The maximum absolute atomic E-state index is 12.3. The molecule has 0 unspecified atom stereocenters. The molecule has 2 rings (SSSR count). The summed E-state index contributed by atoms with van der Waals surface area (Å²) < 4.78 is 40.3. The van der Waals surface area contributed by atoms with Crippen LogP contribution in [-0.2, 0) is 6.18 Å². The van der Waals surface area contributed by atoms with Crippen molar-refractivity contribution in [2.45, 2.75) is 43.9 Å². The van der Waals surface area contributed by atoms with Crippen molar-refractivity contribution in [1.29, 1.82) is 0 Å². The van der Waals surface area contributed by atoms with Gasteiger partial charge in [-0.1, -0.05) is 0 Å². The van der Waals surface area contributed by atoms with E-state index in [4.69, 9.17) is 0 Å². The number of rotatable bonds is 3. The van der Waals surface area contributed by atoms with Gasteiger partial charge < -0.3 is 10.6 Å². The highest BCUT2D eigenvalue weighted by Crippen LogP contribution is 2.30. The number of anilines is 1. The molecular formula is C10H15F3N4S. The number of nitrogens with one attached hydrogen (secondary N) is 2. The quantitative estimate of drug-likeness (QED) is 0.893. The Labute approximate surface area is 107 Å². The zero-order valence-corrected chi connectivity index (χ0v) is 10.7. The molecule has 0 saturated heterocycles. The van der Waals surface area contributed by atoms with Crippen molar-refractivity contribution in [3.63, 3.8) is 0 Å². The Morgan fingerprint density at radius 1 is 1.17 bits per heavy atom. The number of hydrogen-bond acceptors (Lipinski definition) is 5. The number of alkyl halides is 3. The van der Waals surface area contributed by atoms with Gasteiger partial charge in [0.1, 0.15) is 0 Å². The molecule has 18 heavy (non-hydrogen) atoms. The van der Waals surface area contributed by atoms with Gasteiger partial charge in [0, 0.05) is 23.6 Å².